The molecule has 0 heterocycles. The number of aliphatic hydroxyl groups excluding tert-OH is 2. The molecule has 130 valence electrons. The number of halogens is 2. The molecule has 23 heavy (non-hydrogen) atoms. The van der Waals surface area contributed by atoms with Gasteiger partial charge in [-0.1, -0.05) is 0 Å². The van der Waals surface area contributed by atoms with Crippen LogP contribution < -0.4 is 10.1 Å². The molecule has 0 fully saturated rings. The second-order valence-corrected chi connectivity index (χ2v) is 5.88. The lowest BCUT2D eigenvalue weighted by Crippen LogP contribution is -2.39. The van der Waals surface area contributed by atoms with Gasteiger partial charge in [0, 0.05) is 12.1 Å². The van der Waals surface area contributed by atoms with E-state index in [0.717, 1.165) is 12.1 Å². The molecule has 0 aliphatic rings. The van der Waals surface area contributed by atoms with Crippen LogP contribution >= 0.6 is 0 Å². The van der Waals surface area contributed by atoms with Crippen molar-refractivity contribution in [2.24, 2.45) is 0 Å². The summed E-state index contributed by atoms with van der Waals surface area (Å²) in [5.41, 5.74) is -1.17. The number of amides is 1. The van der Waals surface area contributed by atoms with Crippen molar-refractivity contribution in [2.45, 2.75) is 38.6 Å². The van der Waals surface area contributed by atoms with Crippen LogP contribution in [0.3, 0.4) is 0 Å². The molecule has 2 unspecified atom stereocenters. The van der Waals surface area contributed by atoms with Crippen molar-refractivity contribution in [1.82, 2.24) is 5.32 Å². The monoisotopic (exact) mass is 333 g/mol. The van der Waals surface area contributed by atoms with Crippen molar-refractivity contribution in [1.29, 1.82) is 0 Å². The second-order valence-electron chi connectivity index (χ2n) is 5.88. The maximum absolute atomic E-state index is 13.8. The summed E-state index contributed by atoms with van der Waals surface area (Å²) in [6, 6.07) is 2.23. The van der Waals surface area contributed by atoms with Crippen molar-refractivity contribution < 1.29 is 33.3 Å². The van der Waals surface area contributed by atoms with Crippen molar-refractivity contribution in [3.63, 3.8) is 0 Å². The van der Waals surface area contributed by atoms with E-state index in [4.69, 9.17) is 4.74 Å². The molecule has 1 rings (SSSR count). The van der Waals surface area contributed by atoms with Crippen LogP contribution in [-0.2, 0) is 4.74 Å². The molecule has 0 bridgehead atoms. The second kappa shape index (κ2) is 7.56. The molecule has 0 saturated heterocycles. The topological polar surface area (TPSA) is 88.0 Å². The van der Waals surface area contributed by atoms with Crippen molar-refractivity contribution >= 4 is 6.09 Å². The first-order chi connectivity index (χ1) is 10.6. The molecule has 2 atom stereocenters. The molecule has 0 aliphatic heterocycles. The molecular weight excluding hydrogens is 312 g/mol. The Kier molecular flexibility index (Phi) is 6.28. The summed E-state index contributed by atoms with van der Waals surface area (Å²) in [5.74, 6) is -2.91. The van der Waals surface area contributed by atoms with Gasteiger partial charge in [0.25, 0.3) is 0 Å². The zero-order valence-corrected chi connectivity index (χ0v) is 13.4. The highest BCUT2D eigenvalue weighted by atomic mass is 19.2. The van der Waals surface area contributed by atoms with Crippen LogP contribution in [0.1, 0.15) is 32.4 Å². The molecule has 6 nitrogen and oxygen atoms in total. The van der Waals surface area contributed by atoms with Crippen LogP contribution in [0.2, 0.25) is 0 Å². The van der Waals surface area contributed by atoms with E-state index in [1.165, 1.54) is 7.11 Å². The number of alkyl carbamates (subject to hydrolysis) is 1. The third-order valence-corrected chi connectivity index (χ3v) is 2.83. The van der Waals surface area contributed by atoms with Gasteiger partial charge in [-0.05, 0) is 32.9 Å². The van der Waals surface area contributed by atoms with E-state index in [2.05, 4.69) is 10.1 Å². The molecule has 1 aromatic rings. The number of hydrogen-bond acceptors (Lipinski definition) is 5. The number of carbonyl (C=O) groups is 1. The average molecular weight is 333 g/mol. The number of hydrogen-bond donors (Lipinski definition) is 3. The molecule has 0 spiro atoms. The SMILES string of the molecule is COc1ccc(C(O)C(O)CNC(=O)OC(C)(C)C)c(F)c1F. The summed E-state index contributed by atoms with van der Waals surface area (Å²) in [6.45, 7) is 4.58. The van der Waals surface area contributed by atoms with Crippen molar-refractivity contribution in [2.75, 3.05) is 13.7 Å². The highest BCUT2D eigenvalue weighted by Crippen LogP contribution is 2.27. The number of rotatable bonds is 5. The summed E-state index contributed by atoms with van der Waals surface area (Å²) in [4.78, 5) is 11.5. The van der Waals surface area contributed by atoms with E-state index in [0.29, 0.717) is 0 Å². The minimum atomic E-state index is -1.73. The van der Waals surface area contributed by atoms with Gasteiger partial charge in [0.05, 0.1) is 7.11 Å². The summed E-state index contributed by atoms with van der Waals surface area (Å²) < 4.78 is 37.0. The van der Waals surface area contributed by atoms with Crippen LogP contribution in [0.25, 0.3) is 0 Å². The molecule has 1 amide bonds. The van der Waals surface area contributed by atoms with Gasteiger partial charge in [-0.25, -0.2) is 9.18 Å². The molecular formula is C15H21F2NO5. The molecule has 0 aliphatic carbocycles. The predicted molar refractivity (Wildman–Crippen MR) is 78.1 cm³/mol. The van der Waals surface area contributed by atoms with Crippen LogP contribution in [0.4, 0.5) is 13.6 Å². The van der Waals surface area contributed by atoms with E-state index in [1.807, 2.05) is 0 Å². The van der Waals surface area contributed by atoms with Crippen molar-refractivity contribution in [3.8, 4) is 5.75 Å². The van der Waals surface area contributed by atoms with Crippen LogP contribution in [0, 0.1) is 11.6 Å². The maximum Gasteiger partial charge on any atom is 0.407 e. The smallest absolute Gasteiger partial charge is 0.407 e. The Balaban J connectivity index is 2.72. The van der Waals surface area contributed by atoms with Crippen LogP contribution in [0.5, 0.6) is 5.75 Å². The zero-order chi connectivity index (χ0) is 17.8. The number of nitrogens with one attached hydrogen (secondary N) is 1. The van der Waals surface area contributed by atoms with Crippen LogP contribution in [-0.4, -0.2) is 41.7 Å². The number of methoxy groups -OCH3 is 1. The fourth-order valence-electron chi connectivity index (χ4n) is 1.75. The number of ether oxygens (including phenoxy) is 2. The fraction of sp³-hybridized carbons (Fsp3) is 0.533. The van der Waals surface area contributed by atoms with Gasteiger partial charge in [0.2, 0.25) is 5.82 Å². The lowest BCUT2D eigenvalue weighted by molar-refractivity contribution is 0.0109. The third-order valence-electron chi connectivity index (χ3n) is 2.83. The van der Waals surface area contributed by atoms with Gasteiger partial charge in [0.1, 0.15) is 17.8 Å². The Bertz CT molecular complexity index is 560. The van der Waals surface area contributed by atoms with E-state index < -0.39 is 47.6 Å². The van der Waals surface area contributed by atoms with Gasteiger partial charge in [-0.3, -0.25) is 0 Å². The molecule has 0 aromatic heterocycles. The zero-order valence-electron chi connectivity index (χ0n) is 13.4. The first-order valence-corrected chi connectivity index (χ1v) is 6.91. The lowest BCUT2D eigenvalue weighted by atomic mass is 10.0. The minimum absolute atomic E-state index is 0.320. The Labute approximate surface area is 133 Å². The van der Waals surface area contributed by atoms with E-state index >= 15 is 0 Å². The standard InChI is InChI=1S/C15H21F2NO5/c1-15(2,3)23-14(21)18-7-9(19)13(20)8-5-6-10(22-4)12(17)11(8)16/h5-6,9,13,19-20H,7H2,1-4H3,(H,18,21). The number of benzene rings is 1. The molecule has 3 N–H and O–H groups in total. The lowest BCUT2D eigenvalue weighted by Gasteiger charge is -2.22. The molecule has 8 heteroatoms. The molecule has 0 radical (unpaired) electrons. The highest BCUT2D eigenvalue weighted by molar-refractivity contribution is 5.67. The number of aliphatic hydroxyl groups is 2. The van der Waals surface area contributed by atoms with Gasteiger partial charge >= 0.3 is 6.09 Å². The first kappa shape index (κ1) is 19.1. The van der Waals surface area contributed by atoms with E-state index in [9.17, 15) is 23.8 Å². The van der Waals surface area contributed by atoms with E-state index in [1.54, 1.807) is 20.8 Å². The third kappa shape index (κ3) is 5.33. The quantitative estimate of drug-likeness (QED) is 0.766. The average Bonchev–Trinajstić information content (AvgIpc) is 2.45. The summed E-state index contributed by atoms with van der Waals surface area (Å²) in [5, 5.41) is 22.0. The number of carbonyl (C=O) groups excluding carboxylic acids is 1. The summed E-state index contributed by atoms with van der Waals surface area (Å²) in [6.07, 6.45) is -4.08. The largest absolute Gasteiger partial charge is 0.494 e. The maximum atomic E-state index is 13.8. The van der Waals surface area contributed by atoms with Gasteiger partial charge in [0.15, 0.2) is 11.6 Å². The first-order valence-electron chi connectivity index (χ1n) is 6.91. The summed E-state index contributed by atoms with van der Waals surface area (Å²) >= 11 is 0. The predicted octanol–water partition coefficient (Wildman–Crippen LogP) is 1.89. The molecule has 0 saturated carbocycles. The van der Waals surface area contributed by atoms with E-state index in [-0.39, 0.29) is 5.75 Å². The van der Waals surface area contributed by atoms with Gasteiger partial charge in [-0.2, -0.15) is 4.39 Å². The summed E-state index contributed by atoms with van der Waals surface area (Å²) in [7, 11) is 1.17. The highest BCUT2D eigenvalue weighted by Gasteiger charge is 2.26. The van der Waals surface area contributed by atoms with Crippen molar-refractivity contribution in [3.05, 3.63) is 29.3 Å². The Morgan fingerprint density at radius 1 is 1.26 bits per heavy atom. The Morgan fingerprint density at radius 2 is 1.87 bits per heavy atom. The Morgan fingerprint density at radius 3 is 2.39 bits per heavy atom. The van der Waals surface area contributed by atoms with Crippen LogP contribution in [0.15, 0.2) is 12.1 Å². The Hall–Kier alpha value is -1.93. The minimum Gasteiger partial charge on any atom is -0.494 e. The molecule has 1 aromatic carbocycles. The van der Waals surface area contributed by atoms with Gasteiger partial charge < -0.3 is 25.0 Å². The van der Waals surface area contributed by atoms with Gasteiger partial charge in [-0.15, -0.1) is 0 Å². The normalized spacial score (nSPS) is 14.1. The fourth-order valence-corrected chi connectivity index (χ4v) is 1.75.